The number of nitrogens with zero attached hydrogens (tertiary/aromatic N) is 1. The van der Waals surface area contributed by atoms with Crippen molar-refractivity contribution in [2.75, 3.05) is 0 Å². The molecule has 0 saturated carbocycles. The lowest BCUT2D eigenvalue weighted by Crippen LogP contribution is -2.52. The van der Waals surface area contributed by atoms with Gasteiger partial charge in [0.25, 0.3) is 0 Å². The van der Waals surface area contributed by atoms with E-state index in [1.807, 2.05) is 0 Å². The van der Waals surface area contributed by atoms with Crippen LogP contribution in [-0.2, 0) is 0 Å². The van der Waals surface area contributed by atoms with Gasteiger partial charge in [0, 0.05) is 11.8 Å². The van der Waals surface area contributed by atoms with Gasteiger partial charge in [-0.15, -0.1) is 0 Å². The molecule has 4 aromatic rings. The van der Waals surface area contributed by atoms with Crippen molar-refractivity contribution in [2.24, 2.45) is 0 Å². The highest BCUT2D eigenvalue weighted by molar-refractivity contribution is 7.03. The normalized spacial score (nSPS) is 14.3. The molecule has 0 aliphatic carbocycles. The predicted octanol–water partition coefficient (Wildman–Crippen LogP) is 4.37. The second-order valence-electron chi connectivity index (χ2n) is 9.35. The minimum Gasteiger partial charge on any atom is -0.256 e. The summed E-state index contributed by atoms with van der Waals surface area (Å²) in [5, 5.41) is 5.91. The second-order valence-corrected chi connectivity index (χ2v) is 18.1. The van der Waals surface area contributed by atoms with E-state index in [2.05, 4.69) is 117 Å². The Labute approximate surface area is 181 Å². The van der Waals surface area contributed by atoms with Crippen molar-refractivity contribution >= 4 is 36.9 Å². The third kappa shape index (κ3) is 2.92. The molecule has 3 heteroatoms. The van der Waals surface area contributed by atoms with Gasteiger partial charge in [-0.2, -0.15) is 0 Å². The van der Waals surface area contributed by atoms with Gasteiger partial charge in [0.05, 0.1) is 5.69 Å². The first-order valence-electron chi connectivity index (χ1n) is 10.7. The predicted molar refractivity (Wildman–Crippen MR) is 135 cm³/mol. The lowest BCUT2D eigenvalue weighted by Gasteiger charge is -2.23. The Bertz CT molecular complexity index is 1230. The van der Waals surface area contributed by atoms with Gasteiger partial charge in [-0.05, 0) is 38.8 Å². The Hall–Kier alpha value is -2.76. The molecule has 0 N–H and O–H groups in total. The van der Waals surface area contributed by atoms with Crippen LogP contribution >= 0.6 is 0 Å². The molecule has 30 heavy (non-hydrogen) atoms. The maximum atomic E-state index is 4.90. The number of fused-ring (bicyclic) bond motifs is 3. The van der Waals surface area contributed by atoms with E-state index in [0.29, 0.717) is 0 Å². The summed E-state index contributed by atoms with van der Waals surface area (Å²) >= 11 is 0. The Kier molecular flexibility index (Phi) is 4.42. The van der Waals surface area contributed by atoms with E-state index in [-0.39, 0.29) is 0 Å². The Balaban J connectivity index is 1.53. The van der Waals surface area contributed by atoms with Gasteiger partial charge in [0.2, 0.25) is 0 Å². The number of benzene rings is 3. The van der Waals surface area contributed by atoms with E-state index in [1.165, 1.54) is 27.1 Å². The molecule has 0 amide bonds. The highest BCUT2D eigenvalue weighted by Crippen LogP contribution is 2.31. The first-order chi connectivity index (χ1) is 14.4. The van der Waals surface area contributed by atoms with Crippen LogP contribution in [0.1, 0.15) is 0 Å². The van der Waals surface area contributed by atoms with E-state index >= 15 is 0 Å². The monoisotopic (exact) mass is 421 g/mol. The van der Waals surface area contributed by atoms with E-state index in [1.54, 1.807) is 10.4 Å². The zero-order valence-electron chi connectivity index (χ0n) is 18.1. The van der Waals surface area contributed by atoms with Gasteiger partial charge in [0.15, 0.2) is 0 Å². The zero-order chi connectivity index (χ0) is 20.9. The topological polar surface area (TPSA) is 12.9 Å². The average Bonchev–Trinajstić information content (AvgIpc) is 3.01. The molecule has 0 saturated heterocycles. The largest absolute Gasteiger partial charge is 0.256 e. The van der Waals surface area contributed by atoms with Crippen molar-refractivity contribution in [2.45, 2.75) is 26.2 Å². The smallest absolute Gasteiger partial charge is 0.114 e. The summed E-state index contributed by atoms with van der Waals surface area (Å²) in [5.41, 5.74) is 5.09. The molecule has 148 valence electrons. The molecular weight excluding hydrogens is 394 g/mol. The van der Waals surface area contributed by atoms with Gasteiger partial charge in [0.1, 0.15) is 16.1 Å². The average molecular weight is 422 g/mol. The number of rotatable bonds is 3. The van der Waals surface area contributed by atoms with Gasteiger partial charge in [-0.3, -0.25) is 4.98 Å². The molecular formula is C27H27NSi2. The molecule has 0 atom stereocenters. The SMILES string of the molecule is C[Si](C)(c1ccccc1)c1ccc(-c2ccc3c(c2)-c2ccccc2[Si]3(C)C)nc1. The molecule has 1 aliphatic rings. The molecule has 0 spiro atoms. The lowest BCUT2D eigenvalue weighted by atomic mass is 10.0. The van der Waals surface area contributed by atoms with Crippen molar-refractivity contribution in [3.05, 3.63) is 91.1 Å². The highest BCUT2D eigenvalue weighted by Gasteiger charge is 2.37. The van der Waals surface area contributed by atoms with Crippen LogP contribution in [0.2, 0.25) is 26.2 Å². The van der Waals surface area contributed by atoms with Gasteiger partial charge in [-0.25, -0.2) is 0 Å². The highest BCUT2D eigenvalue weighted by atomic mass is 28.3. The Morgan fingerprint density at radius 1 is 0.667 bits per heavy atom. The zero-order valence-corrected chi connectivity index (χ0v) is 20.1. The summed E-state index contributed by atoms with van der Waals surface area (Å²) in [7, 11) is -3.31. The van der Waals surface area contributed by atoms with Crippen LogP contribution in [0.15, 0.2) is 91.1 Å². The molecule has 0 unspecified atom stereocenters. The molecule has 0 radical (unpaired) electrons. The third-order valence-electron chi connectivity index (χ3n) is 6.86. The lowest BCUT2D eigenvalue weighted by molar-refractivity contribution is 1.34. The van der Waals surface area contributed by atoms with Crippen molar-refractivity contribution in [3.63, 3.8) is 0 Å². The van der Waals surface area contributed by atoms with Crippen LogP contribution < -0.4 is 20.7 Å². The molecule has 3 aromatic carbocycles. The summed E-state index contributed by atoms with van der Waals surface area (Å²) in [4.78, 5) is 4.90. The number of hydrogen-bond donors (Lipinski definition) is 0. The summed E-state index contributed by atoms with van der Waals surface area (Å²) in [6.07, 6.45) is 2.11. The molecule has 2 heterocycles. The molecule has 1 nitrogen and oxygen atoms in total. The van der Waals surface area contributed by atoms with Gasteiger partial charge >= 0.3 is 0 Å². The van der Waals surface area contributed by atoms with E-state index in [4.69, 9.17) is 4.98 Å². The number of hydrogen-bond acceptors (Lipinski definition) is 1. The van der Waals surface area contributed by atoms with Crippen molar-refractivity contribution in [3.8, 4) is 22.4 Å². The summed E-state index contributed by atoms with van der Waals surface area (Å²) < 4.78 is 0. The number of aromatic nitrogens is 1. The van der Waals surface area contributed by atoms with Crippen LogP contribution in [0.25, 0.3) is 22.4 Å². The van der Waals surface area contributed by atoms with Crippen LogP contribution in [0, 0.1) is 0 Å². The van der Waals surface area contributed by atoms with Crippen LogP contribution in [-0.4, -0.2) is 21.1 Å². The van der Waals surface area contributed by atoms with Crippen molar-refractivity contribution in [1.82, 2.24) is 4.98 Å². The molecule has 5 rings (SSSR count). The summed E-state index contributed by atoms with van der Waals surface area (Å²) in [5.74, 6) is 0. The fourth-order valence-corrected chi connectivity index (χ4v) is 10.2. The third-order valence-corrected chi connectivity index (χ3v) is 13.9. The van der Waals surface area contributed by atoms with Gasteiger partial charge < -0.3 is 0 Å². The van der Waals surface area contributed by atoms with Crippen molar-refractivity contribution < 1.29 is 0 Å². The van der Waals surface area contributed by atoms with Crippen molar-refractivity contribution in [1.29, 1.82) is 0 Å². The van der Waals surface area contributed by atoms with E-state index in [0.717, 1.165) is 5.69 Å². The molecule has 1 aliphatic heterocycles. The van der Waals surface area contributed by atoms with E-state index < -0.39 is 16.1 Å². The molecule has 0 bridgehead atoms. The Morgan fingerprint density at radius 3 is 2.10 bits per heavy atom. The first-order valence-corrected chi connectivity index (χ1v) is 16.7. The minimum absolute atomic E-state index is 1.06. The van der Waals surface area contributed by atoms with E-state index in [9.17, 15) is 0 Å². The first kappa shape index (κ1) is 19.2. The summed E-state index contributed by atoms with van der Waals surface area (Å²) in [6.45, 7) is 9.72. The minimum atomic E-state index is -1.72. The standard InChI is InChI=1S/C27H27NSi2/c1-29(2,21-10-6-5-7-11-21)22-15-16-25(28-19-22)20-14-17-27-24(18-20)23-12-8-9-13-26(23)30(27,3)4/h5-19H,1-4H3. The molecule has 1 aromatic heterocycles. The van der Waals surface area contributed by atoms with Crippen LogP contribution in [0.3, 0.4) is 0 Å². The fourth-order valence-electron chi connectivity index (χ4n) is 4.84. The molecule has 0 fully saturated rings. The quantitative estimate of drug-likeness (QED) is 0.448. The second kappa shape index (κ2) is 6.90. The maximum Gasteiger partial charge on any atom is 0.114 e. The summed E-state index contributed by atoms with van der Waals surface area (Å²) in [6, 6.07) is 31.3. The van der Waals surface area contributed by atoms with Gasteiger partial charge in [-0.1, -0.05) is 104 Å². The fraction of sp³-hybridized carbons (Fsp3) is 0.148. The van der Waals surface area contributed by atoms with Crippen LogP contribution in [0.4, 0.5) is 0 Å². The number of pyridine rings is 1. The van der Waals surface area contributed by atoms with Crippen LogP contribution in [0.5, 0.6) is 0 Å². The maximum absolute atomic E-state index is 4.90. The Morgan fingerprint density at radius 2 is 1.37 bits per heavy atom.